The molecular weight excluding hydrogens is 398 g/mol. The number of furan rings is 1. The first-order valence-corrected chi connectivity index (χ1v) is 11.9. The normalized spacial score (nSPS) is 23.8. The van der Waals surface area contributed by atoms with Crippen LogP contribution in [0.15, 0.2) is 65.4 Å². The topological polar surface area (TPSA) is 79.4 Å². The number of aromatic nitrogens is 1. The van der Waals surface area contributed by atoms with Gasteiger partial charge < -0.3 is 25.7 Å². The van der Waals surface area contributed by atoms with Crippen molar-refractivity contribution in [2.75, 3.05) is 29.0 Å². The Kier molecular flexibility index (Phi) is 6.30. The zero-order chi connectivity index (χ0) is 21.8. The van der Waals surface area contributed by atoms with Crippen LogP contribution in [0.4, 0.5) is 17.2 Å². The molecule has 4 N–H and O–H groups in total. The van der Waals surface area contributed by atoms with Crippen LogP contribution < -0.4 is 21.3 Å². The third-order valence-electron chi connectivity index (χ3n) is 6.79. The summed E-state index contributed by atoms with van der Waals surface area (Å²) < 4.78 is 5.56. The van der Waals surface area contributed by atoms with Crippen molar-refractivity contribution >= 4 is 17.2 Å². The van der Waals surface area contributed by atoms with Crippen LogP contribution in [-0.4, -0.2) is 36.2 Å². The Morgan fingerprint density at radius 3 is 2.62 bits per heavy atom. The molecule has 0 amide bonds. The molecule has 32 heavy (non-hydrogen) atoms. The van der Waals surface area contributed by atoms with Gasteiger partial charge in [-0.15, -0.1) is 0 Å². The fourth-order valence-corrected chi connectivity index (χ4v) is 5.13. The van der Waals surface area contributed by atoms with Crippen LogP contribution >= 0.6 is 0 Å². The van der Waals surface area contributed by atoms with E-state index in [4.69, 9.17) is 10.2 Å². The molecule has 0 spiro atoms. The van der Waals surface area contributed by atoms with E-state index in [-0.39, 0.29) is 0 Å². The van der Waals surface area contributed by atoms with Crippen molar-refractivity contribution in [1.29, 1.82) is 0 Å². The smallest absolute Gasteiger partial charge is 0.134 e. The summed E-state index contributed by atoms with van der Waals surface area (Å²) in [6, 6.07) is 17.6. The zero-order valence-corrected chi connectivity index (χ0v) is 18.5. The molecule has 1 aliphatic heterocycles. The molecule has 0 unspecified atom stereocenters. The monoisotopic (exact) mass is 431 g/mol. The molecule has 2 aromatic heterocycles. The van der Waals surface area contributed by atoms with Gasteiger partial charge in [-0.2, -0.15) is 0 Å². The molecule has 5 rings (SSSR count). The van der Waals surface area contributed by atoms with Crippen LogP contribution in [0.25, 0.3) is 11.3 Å². The number of piperidine rings is 1. The van der Waals surface area contributed by atoms with E-state index >= 15 is 0 Å². The highest BCUT2D eigenvalue weighted by atomic mass is 16.3. The predicted molar refractivity (Wildman–Crippen MR) is 131 cm³/mol. The van der Waals surface area contributed by atoms with E-state index in [1.54, 1.807) is 6.26 Å². The summed E-state index contributed by atoms with van der Waals surface area (Å²) in [4.78, 5) is 7.07. The molecule has 0 radical (unpaired) electrons. The third-order valence-corrected chi connectivity index (χ3v) is 6.79. The van der Waals surface area contributed by atoms with Crippen molar-refractivity contribution in [3.8, 4) is 11.3 Å². The fraction of sp³-hybridized carbons (Fsp3) is 0.423. The second-order valence-corrected chi connectivity index (χ2v) is 9.09. The minimum absolute atomic E-state index is 0.384. The molecule has 1 saturated heterocycles. The number of nitrogens with two attached hydrogens (primary N) is 1. The van der Waals surface area contributed by atoms with Crippen molar-refractivity contribution in [1.82, 2.24) is 10.3 Å². The minimum Gasteiger partial charge on any atom is -0.464 e. The SMILES string of the molecule is Nc1ccc(N2CCC[C@H](N[C@@H]3CCCC[C@H]3Nc3cc(-c4ccco4)ccn3)C2)cc1. The van der Waals surface area contributed by atoms with Gasteiger partial charge in [0.05, 0.1) is 6.26 Å². The highest BCUT2D eigenvalue weighted by molar-refractivity contribution is 5.61. The van der Waals surface area contributed by atoms with Gasteiger partial charge in [0.15, 0.2) is 0 Å². The highest BCUT2D eigenvalue weighted by Gasteiger charge is 2.29. The lowest BCUT2D eigenvalue weighted by Crippen LogP contribution is -2.54. The first-order chi connectivity index (χ1) is 15.7. The standard InChI is InChI=1S/C26H33N5O/c27-20-9-11-22(12-10-20)31-15-3-5-21(18-31)29-23-6-1-2-7-24(23)30-26-17-19(13-14-28-26)25-8-4-16-32-25/h4,8-14,16-17,21,23-24,29H,1-3,5-7,15,18,27H2,(H,28,30)/t21-,23+,24+/m0/s1. The summed E-state index contributed by atoms with van der Waals surface area (Å²) in [5.41, 5.74) is 9.02. The number of rotatable bonds is 6. The summed E-state index contributed by atoms with van der Waals surface area (Å²) in [6.45, 7) is 2.15. The summed E-state index contributed by atoms with van der Waals surface area (Å²) in [7, 11) is 0. The molecule has 2 fully saturated rings. The van der Waals surface area contributed by atoms with Crippen LogP contribution in [0.5, 0.6) is 0 Å². The molecule has 1 saturated carbocycles. The number of nitrogen functional groups attached to an aromatic ring is 1. The molecular formula is C26H33N5O. The number of nitrogens with zero attached hydrogens (tertiary/aromatic N) is 2. The molecule has 3 atom stereocenters. The summed E-state index contributed by atoms with van der Waals surface area (Å²) >= 11 is 0. The average Bonchev–Trinajstić information content (AvgIpc) is 3.37. The number of hydrogen-bond acceptors (Lipinski definition) is 6. The lowest BCUT2D eigenvalue weighted by molar-refractivity contribution is 0.293. The van der Waals surface area contributed by atoms with Crippen molar-refractivity contribution in [2.45, 2.75) is 56.7 Å². The zero-order valence-electron chi connectivity index (χ0n) is 18.5. The van der Waals surface area contributed by atoms with E-state index < -0.39 is 0 Å². The summed E-state index contributed by atoms with van der Waals surface area (Å²) in [5, 5.41) is 7.74. The first kappa shape index (κ1) is 20.9. The molecule has 1 aliphatic carbocycles. The summed E-state index contributed by atoms with van der Waals surface area (Å²) in [5.74, 6) is 1.79. The van der Waals surface area contributed by atoms with Gasteiger partial charge in [-0.05, 0) is 74.2 Å². The maximum absolute atomic E-state index is 5.87. The van der Waals surface area contributed by atoms with Gasteiger partial charge >= 0.3 is 0 Å². The Morgan fingerprint density at radius 1 is 0.969 bits per heavy atom. The number of benzene rings is 1. The third kappa shape index (κ3) is 4.91. The van der Waals surface area contributed by atoms with E-state index in [1.165, 1.54) is 44.2 Å². The lowest BCUT2D eigenvalue weighted by atomic mass is 9.89. The van der Waals surface area contributed by atoms with Crippen LogP contribution in [-0.2, 0) is 0 Å². The predicted octanol–water partition coefficient (Wildman–Crippen LogP) is 4.91. The van der Waals surface area contributed by atoms with Gasteiger partial charge in [0.2, 0.25) is 0 Å². The number of hydrogen-bond donors (Lipinski definition) is 3. The largest absolute Gasteiger partial charge is 0.464 e. The van der Waals surface area contributed by atoms with Crippen LogP contribution in [0.3, 0.4) is 0 Å². The second-order valence-electron chi connectivity index (χ2n) is 9.09. The fourth-order valence-electron chi connectivity index (χ4n) is 5.13. The van der Waals surface area contributed by atoms with Gasteiger partial charge in [-0.25, -0.2) is 4.98 Å². The summed E-state index contributed by atoms with van der Waals surface area (Å²) in [6.07, 6.45) is 10.9. The quantitative estimate of drug-likeness (QED) is 0.482. The molecule has 2 aliphatic rings. The van der Waals surface area contributed by atoms with E-state index in [2.05, 4.69) is 38.7 Å². The Balaban J connectivity index is 1.24. The molecule has 6 nitrogen and oxygen atoms in total. The maximum atomic E-state index is 5.87. The van der Waals surface area contributed by atoms with Gasteiger partial charge in [0.1, 0.15) is 11.6 Å². The molecule has 168 valence electrons. The Hall–Kier alpha value is -2.99. The second kappa shape index (κ2) is 9.65. The highest BCUT2D eigenvalue weighted by Crippen LogP contribution is 2.27. The molecule has 0 bridgehead atoms. The van der Waals surface area contributed by atoms with E-state index in [0.717, 1.165) is 35.9 Å². The lowest BCUT2D eigenvalue weighted by Gasteiger charge is -2.40. The first-order valence-electron chi connectivity index (χ1n) is 11.9. The van der Waals surface area contributed by atoms with E-state index in [9.17, 15) is 0 Å². The number of anilines is 3. The molecule has 1 aromatic carbocycles. The number of nitrogens with one attached hydrogen (secondary N) is 2. The van der Waals surface area contributed by atoms with Gasteiger partial charge in [-0.1, -0.05) is 12.8 Å². The van der Waals surface area contributed by atoms with Crippen molar-refractivity contribution in [3.63, 3.8) is 0 Å². The van der Waals surface area contributed by atoms with E-state index in [0.29, 0.717) is 18.1 Å². The van der Waals surface area contributed by atoms with Crippen LogP contribution in [0, 0.1) is 0 Å². The van der Waals surface area contributed by atoms with Gasteiger partial charge in [0.25, 0.3) is 0 Å². The minimum atomic E-state index is 0.384. The Bertz CT molecular complexity index is 988. The average molecular weight is 432 g/mol. The van der Waals surface area contributed by atoms with Gasteiger partial charge in [0, 0.05) is 54.4 Å². The van der Waals surface area contributed by atoms with Crippen molar-refractivity contribution < 1.29 is 4.42 Å². The maximum Gasteiger partial charge on any atom is 0.134 e. The molecule has 3 heterocycles. The van der Waals surface area contributed by atoms with Crippen LogP contribution in [0.2, 0.25) is 0 Å². The molecule has 3 aromatic rings. The number of pyridine rings is 1. The van der Waals surface area contributed by atoms with Crippen molar-refractivity contribution in [2.24, 2.45) is 0 Å². The Morgan fingerprint density at radius 2 is 1.81 bits per heavy atom. The Labute approximate surface area is 190 Å². The van der Waals surface area contributed by atoms with Crippen molar-refractivity contribution in [3.05, 3.63) is 61.0 Å². The van der Waals surface area contributed by atoms with Gasteiger partial charge in [-0.3, -0.25) is 0 Å². The van der Waals surface area contributed by atoms with E-state index in [1.807, 2.05) is 36.5 Å². The van der Waals surface area contributed by atoms with Crippen LogP contribution in [0.1, 0.15) is 38.5 Å². The molecule has 6 heteroatoms.